The Morgan fingerprint density at radius 2 is 2.31 bits per heavy atom. The first kappa shape index (κ1) is 12.8. The van der Waals surface area contributed by atoms with Crippen molar-refractivity contribution >= 4 is 5.91 Å². The van der Waals surface area contributed by atoms with Crippen molar-refractivity contribution in [2.24, 2.45) is 5.92 Å². The van der Waals surface area contributed by atoms with Gasteiger partial charge < -0.3 is 14.5 Å². The number of carbonyl (C=O) groups is 1. The highest BCUT2D eigenvalue weighted by Gasteiger charge is 2.18. The molecular formula is C12H19NO3. The number of hydrogen-bond donors (Lipinski definition) is 1. The van der Waals surface area contributed by atoms with Crippen molar-refractivity contribution in [2.45, 2.75) is 26.8 Å². The monoisotopic (exact) mass is 225 g/mol. The minimum absolute atomic E-state index is 0.0116. The third kappa shape index (κ3) is 3.70. The van der Waals surface area contributed by atoms with Gasteiger partial charge in [0.05, 0.1) is 18.9 Å². The van der Waals surface area contributed by atoms with Crippen molar-refractivity contribution in [2.75, 3.05) is 13.2 Å². The molecule has 0 spiro atoms. The van der Waals surface area contributed by atoms with Gasteiger partial charge in [-0.2, -0.15) is 0 Å². The van der Waals surface area contributed by atoms with E-state index in [2.05, 4.69) is 5.32 Å². The van der Waals surface area contributed by atoms with Crippen LogP contribution in [-0.4, -0.2) is 25.2 Å². The zero-order valence-electron chi connectivity index (χ0n) is 10.0. The van der Waals surface area contributed by atoms with Gasteiger partial charge in [0.2, 0.25) is 0 Å². The third-order valence-corrected chi connectivity index (χ3v) is 2.37. The number of rotatable bonds is 6. The third-order valence-electron chi connectivity index (χ3n) is 2.37. The van der Waals surface area contributed by atoms with Crippen LogP contribution in [0.25, 0.3) is 0 Å². The second-order valence-electron chi connectivity index (χ2n) is 3.96. The molecule has 4 nitrogen and oxygen atoms in total. The average Bonchev–Trinajstić information content (AvgIpc) is 2.76. The molecule has 16 heavy (non-hydrogen) atoms. The van der Waals surface area contributed by atoms with Crippen molar-refractivity contribution in [3.8, 4) is 0 Å². The molecule has 1 heterocycles. The van der Waals surface area contributed by atoms with E-state index in [4.69, 9.17) is 9.15 Å². The standard InChI is InChI=1S/C12H19NO3/c1-4-15-8-10(9(2)3)13-12(14)11-6-5-7-16-11/h5-7,9-10H,4,8H2,1-3H3,(H,13,14). The number of furan rings is 1. The summed E-state index contributed by atoms with van der Waals surface area (Å²) in [5, 5.41) is 2.90. The van der Waals surface area contributed by atoms with Gasteiger partial charge >= 0.3 is 0 Å². The molecule has 0 saturated heterocycles. The molecule has 1 atom stereocenters. The molecule has 0 aliphatic carbocycles. The molecule has 1 unspecified atom stereocenters. The van der Waals surface area contributed by atoms with E-state index in [9.17, 15) is 4.79 Å². The quantitative estimate of drug-likeness (QED) is 0.806. The molecule has 90 valence electrons. The van der Waals surface area contributed by atoms with Crippen LogP contribution in [0.3, 0.4) is 0 Å². The summed E-state index contributed by atoms with van der Waals surface area (Å²) in [7, 11) is 0. The fourth-order valence-corrected chi connectivity index (χ4v) is 1.29. The molecule has 0 radical (unpaired) electrons. The molecule has 1 amide bonds. The Kier molecular flexibility index (Phi) is 5.05. The van der Waals surface area contributed by atoms with Gasteiger partial charge in [0.1, 0.15) is 0 Å². The highest BCUT2D eigenvalue weighted by atomic mass is 16.5. The topological polar surface area (TPSA) is 51.5 Å². The Hall–Kier alpha value is -1.29. The minimum atomic E-state index is -0.191. The normalized spacial score (nSPS) is 12.8. The van der Waals surface area contributed by atoms with Crippen molar-refractivity contribution < 1.29 is 13.9 Å². The summed E-state index contributed by atoms with van der Waals surface area (Å²) in [6, 6.07) is 3.35. The molecule has 1 aromatic rings. The first-order valence-corrected chi connectivity index (χ1v) is 5.57. The Labute approximate surface area is 96.0 Å². The fraction of sp³-hybridized carbons (Fsp3) is 0.583. The van der Waals surface area contributed by atoms with Gasteiger partial charge in [-0.25, -0.2) is 0 Å². The Morgan fingerprint density at radius 1 is 1.56 bits per heavy atom. The van der Waals surface area contributed by atoms with Crippen molar-refractivity contribution in [1.82, 2.24) is 5.32 Å². The molecule has 0 bridgehead atoms. The van der Waals surface area contributed by atoms with Gasteiger partial charge in [-0.15, -0.1) is 0 Å². The van der Waals surface area contributed by atoms with Gasteiger partial charge in [-0.1, -0.05) is 13.8 Å². The van der Waals surface area contributed by atoms with Crippen LogP contribution >= 0.6 is 0 Å². The average molecular weight is 225 g/mol. The van der Waals surface area contributed by atoms with Gasteiger partial charge in [0.25, 0.3) is 5.91 Å². The smallest absolute Gasteiger partial charge is 0.287 e. The summed E-state index contributed by atoms with van der Waals surface area (Å²) in [5.41, 5.74) is 0. The Morgan fingerprint density at radius 3 is 2.81 bits per heavy atom. The van der Waals surface area contributed by atoms with Gasteiger partial charge in [0, 0.05) is 6.61 Å². The SMILES string of the molecule is CCOCC(NC(=O)c1ccco1)C(C)C. The van der Waals surface area contributed by atoms with E-state index in [1.807, 2.05) is 20.8 Å². The van der Waals surface area contributed by atoms with Crippen LogP contribution < -0.4 is 5.32 Å². The highest BCUT2D eigenvalue weighted by molar-refractivity contribution is 5.91. The molecule has 1 aromatic heterocycles. The van der Waals surface area contributed by atoms with E-state index >= 15 is 0 Å². The van der Waals surface area contributed by atoms with Crippen LogP contribution in [0.15, 0.2) is 22.8 Å². The Balaban J connectivity index is 2.51. The largest absolute Gasteiger partial charge is 0.459 e. The molecule has 4 heteroatoms. The summed E-state index contributed by atoms with van der Waals surface area (Å²) in [5.74, 6) is 0.469. The Bertz CT molecular complexity index is 306. The van der Waals surface area contributed by atoms with Crippen LogP contribution in [0.2, 0.25) is 0 Å². The first-order valence-electron chi connectivity index (χ1n) is 5.57. The lowest BCUT2D eigenvalue weighted by Crippen LogP contribution is -2.41. The van der Waals surface area contributed by atoms with Crippen LogP contribution in [0, 0.1) is 5.92 Å². The predicted molar refractivity (Wildman–Crippen MR) is 61.3 cm³/mol. The highest BCUT2D eigenvalue weighted by Crippen LogP contribution is 2.05. The van der Waals surface area contributed by atoms with Gasteiger partial charge in [0.15, 0.2) is 5.76 Å². The zero-order chi connectivity index (χ0) is 12.0. The van der Waals surface area contributed by atoms with Crippen molar-refractivity contribution in [3.05, 3.63) is 24.2 Å². The number of hydrogen-bond acceptors (Lipinski definition) is 3. The summed E-state index contributed by atoms with van der Waals surface area (Å²) >= 11 is 0. The van der Waals surface area contributed by atoms with Crippen LogP contribution in [0.5, 0.6) is 0 Å². The second kappa shape index (κ2) is 6.33. The number of ether oxygens (including phenoxy) is 1. The predicted octanol–water partition coefficient (Wildman–Crippen LogP) is 2.07. The maximum atomic E-state index is 11.7. The lowest BCUT2D eigenvalue weighted by atomic mass is 10.1. The van der Waals surface area contributed by atoms with E-state index in [1.54, 1.807) is 12.1 Å². The lowest BCUT2D eigenvalue weighted by molar-refractivity contribution is 0.0783. The number of nitrogens with one attached hydrogen (secondary N) is 1. The molecule has 0 aliphatic rings. The maximum Gasteiger partial charge on any atom is 0.287 e. The van der Waals surface area contributed by atoms with E-state index in [1.165, 1.54) is 6.26 Å². The van der Waals surface area contributed by atoms with Gasteiger partial charge in [-0.05, 0) is 25.0 Å². The number of amides is 1. The maximum absolute atomic E-state index is 11.7. The van der Waals surface area contributed by atoms with E-state index in [0.717, 1.165) is 0 Å². The molecule has 1 N–H and O–H groups in total. The molecule has 0 aliphatic heterocycles. The summed E-state index contributed by atoms with van der Waals surface area (Å²) in [4.78, 5) is 11.7. The van der Waals surface area contributed by atoms with E-state index in [-0.39, 0.29) is 11.9 Å². The van der Waals surface area contributed by atoms with Crippen molar-refractivity contribution in [3.63, 3.8) is 0 Å². The van der Waals surface area contributed by atoms with Crippen molar-refractivity contribution in [1.29, 1.82) is 0 Å². The molecule has 0 fully saturated rings. The molecule has 0 aromatic carbocycles. The van der Waals surface area contributed by atoms with E-state index in [0.29, 0.717) is 24.9 Å². The minimum Gasteiger partial charge on any atom is -0.459 e. The van der Waals surface area contributed by atoms with Crippen LogP contribution in [0.4, 0.5) is 0 Å². The molecule has 1 rings (SSSR count). The lowest BCUT2D eigenvalue weighted by Gasteiger charge is -2.21. The number of carbonyl (C=O) groups excluding carboxylic acids is 1. The van der Waals surface area contributed by atoms with Crippen LogP contribution in [-0.2, 0) is 4.74 Å². The van der Waals surface area contributed by atoms with E-state index < -0.39 is 0 Å². The zero-order valence-corrected chi connectivity index (χ0v) is 10.0. The molecular weight excluding hydrogens is 206 g/mol. The van der Waals surface area contributed by atoms with Crippen LogP contribution in [0.1, 0.15) is 31.3 Å². The summed E-state index contributed by atoms with van der Waals surface area (Å²) in [6.07, 6.45) is 1.49. The first-order chi connectivity index (χ1) is 7.65. The fourth-order valence-electron chi connectivity index (χ4n) is 1.29. The summed E-state index contributed by atoms with van der Waals surface area (Å²) in [6.45, 7) is 7.21. The second-order valence-corrected chi connectivity index (χ2v) is 3.96. The summed E-state index contributed by atoms with van der Waals surface area (Å²) < 4.78 is 10.4. The van der Waals surface area contributed by atoms with Gasteiger partial charge in [-0.3, -0.25) is 4.79 Å². The molecule has 0 saturated carbocycles.